The van der Waals surface area contributed by atoms with Crippen LogP contribution in [0.15, 0.2) is 30.5 Å². The summed E-state index contributed by atoms with van der Waals surface area (Å²) < 4.78 is 4.58. The van der Waals surface area contributed by atoms with Crippen molar-refractivity contribution in [1.82, 2.24) is 9.97 Å². The molecular formula is C13H13N3O2. The summed E-state index contributed by atoms with van der Waals surface area (Å²) in [4.78, 5) is 19.6. The number of aromatic nitrogens is 2. The first-order chi connectivity index (χ1) is 8.61. The topological polar surface area (TPSA) is 78.1 Å². The predicted molar refractivity (Wildman–Crippen MR) is 68.0 cm³/mol. The molecule has 1 aromatic heterocycles. The normalized spacial score (nSPS) is 10.1. The lowest BCUT2D eigenvalue weighted by Crippen LogP contribution is -2.09. The van der Waals surface area contributed by atoms with Gasteiger partial charge >= 0.3 is 5.97 Å². The van der Waals surface area contributed by atoms with Crippen molar-refractivity contribution in [2.75, 3.05) is 12.8 Å². The van der Waals surface area contributed by atoms with E-state index in [-0.39, 0.29) is 11.4 Å². The first-order valence-electron chi connectivity index (χ1n) is 5.39. The molecule has 92 valence electrons. The minimum Gasteiger partial charge on any atom is -0.465 e. The Bertz CT molecular complexity index is 579. The standard InChI is InChI=1S/C13H13N3O2/c1-8-3-5-9(6-4-8)12-15-7-10(11(14)16-12)13(17)18-2/h3-7H,1-2H3,(H2,14,15,16). The second-order valence-corrected chi connectivity index (χ2v) is 3.85. The van der Waals surface area contributed by atoms with E-state index in [1.165, 1.54) is 13.3 Å². The molecular weight excluding hydrogens is 230 g/mol. The molecule has 0 saturated carbocycles. The Balaban J connectivity index is 2.40. The molecule has 18 heavy (non-hydrogen) atoms. The Kier molecular flexibility index (Phi) is 3.23. The van der Waals surface area contributed by atoms with Gasteiger partial charge in [0.05, 0.1) is 7.11 Å². The highest BCUT2D eigenvalue weighted by molar-refractivity contribution is 5.93. The van der Waals surface area contributed by atoms with Gasteiger partial charge < -0.3 is 10.5 Å². The zero-order chi connectivity index (χ0) is 13.1. The molecule has 2 aromatic rings. The van der Waals surface area contributed by atoms with Crippen molar-refractivity contribution in [3.63, 3.8) is 0 Å². The molecule has 0 aliphatic carbocycles. The van der Waals surface area contributed by atoms with Crippen LogP contribution in [0, 0.1) is 6.92 Å². The van der Waals surface area contributed by atoms with Crippen LogP contribution < -0.4 is 5.73 Å². The van der Waals surface area contributed by atoms with Gasteiger partial charge in [-0.15, -0.1) is 0 Å². The Morgan fingerprint density at radius 2 is 1.94 bits per heavy atom. The quantitative estimate of drug-likeness (QED) is 0.814. The number of hydrogen-bond acceptors (Lipinski definition) is 5. The van der Waals surface area contributed by atoms with Crippen molar-refractivity contribution in [3.05, 3.63) is 41.6 Å². The van der Waals surface area contributed by atoms with E-state index in [0.717, 1.165) is 11.1 Å². The van der Waals surface area contributed by atoms with Gasteiger partial charge in [-0.2, -0.15) is 0 Å². The Labute approximate surface area is 105 Å². The molecule has 0 saturated heterocycles. The molecule has 0 spiro atoms. The van der Waals surface area contributed by atoms with Gasteiger partial charge in [-0.25, -0.2) is 14.8 Å². The van der Waals surface area contributed by atoms with E-state index in [1.54, 1.807) is 0 Å². The number of hydrogen-bond donors (Lipinski definition) is 1. The molecule has 0 atom stereocenters. The predicted octanol–water partition coefficient (Wildman–Crippen LogP) is 1.82. The third-order valence-corrected chi connectivity index (χ3v) is 2.53. The van der Waals surface area contributed by atoms with Gasteiger partial charge in [-0.3, -0.25) is 0 Å². The zero-order valence-electron chi connectivity index (χ0n) is 10.2. The number of nitrogens with two attached hydrogens (primary N) is 1. The Hall–Kier alpha value is -2.43. The first kappa shape index (κ1) is 12.0. The van der Waals surface area contributed by atoms with Crippen molar-refractivity contribution < 1.29 is 9.53 Å². The van der Waals surface area contributed by atoms with Gasteiger partial charge in [0.1, 0.15) is 11.4 Å². The molecule has 2 N–H and O–H groups in total. The number of ether oxygens (including phenoxy) is 1. The summed E-state index contributed by atoms with van der Waals surface area (Å²) in [6.07, 6.45) is 1.38. The van der Waals surface area contributed by atoms with E-state index < -0.39 is 5.97 Å². The van der Waals surface area contributed by atoms with Gasteiger partial charge in [0.25, 0.3) is 0 Å². The van der Waals surface area contributed by atoms with Crippen molar-refractivity contribution in [1.29, 1.82) is 0 Å². The lowest BCUT2D eigenvalue weighted by Gasteiger charge is -2.05. The average molecular weight is 243 g/mol. The van der Waals surface area contributed by atoms with Crippen LogP contribution in [0.25, 0.3) is 11.4 Å². The van der Waals surface area contributed by atoms with Crippen LogP contribution >= 0.6 is 0 Å². The van der Waals surface area contributed by atoms with E-state index in [2.05, 4.69) is 14.7 Å². The fourth-order valence-corrected chi connectivity index (χ4v) is 1.50. The van der Waals surface area contributed by atoms with Crippen LogP contribution in [0.3, 0.4) is 0 Å². The lowest BCUT2D eigenvalue weighted by molar-refractivity contribution is 0.0601. The van der Waals surface area contributed by atoms with Gasteiger partial charge in [-0.05, 0) is 6.92 Å². The Morgan fingerprint density at radius 3 is 2.50 bits per heavy atom. The number of nitrogen functional groups attached to an aromatic ring is 1. The van der Waals surface area contributed by atoms with Crippen LogP contribution in [0.2, 0.25) is 0 Å². The highest BCUT2D eigenvalue weighted by atomic mass is 16.5. The number of carbonyl (C=O) groups is 1. The number of methoxy groups -OCH3 is 1. The second kappa shape index (κ2) is 4.83. The zero-order valence-corrected chi connectivity index (χ0v) is 10.2. The number of carbonyl (C=O) groups excluding carboxylic acids is 1. The van der Waals surface area contributed by atoms with Crippen LogP contribution in [0.4, 0.5) is 5.82 Å². The molecule has 1 heterocycles. The monoisotopic (exact) mass is 243 g/mol. The summed E-state index contributed by atoms with van der Waals surface area (Å²) in [5.74, 6) is 0.0653. The van der Waals surface area contributed by atoms with Crippen molar-refractivity contribution >= 4 is 11.8 Å². The summed E-state index contributed by atoms with van der Waals surface area (Å²) in [6, 6.07) is 7.73. The molecule has 0 bridgehead atoms. The molecule has 2 rings (SSSR count). The summed E-state index contributed by atoms with van der Waals surface area (Å²) in [5.41, 5.74) is 7.89. The van der Waals surface area contributed by atoms with Crippen LogP contribution in [-0.2, 0) is 4.74 Å². The SMILES string of the molecule is COC(=O)c1cnc(-c2ccc(C)cc2)nc1N. The van der Waals surface area contributed by atoms with E-state index in [9.17, 15) is 4.79 Å². The molecule has 5 heteroatoms. The number of anilines is 1. The third-order valence-electron chi connectivity index (χ3n) is 2.53. The maximum atomic E-state index is 11.3. The summed E-state index contributed by atoms with van der Waals surface area (Å²) in [5, 5.41) is 0. The molecule has 0 fully saturated rings. The molecule has 1 aromatic carbocycles. The maximum Gasteiger partial charge on any atom is 0.343 e. The number of nitrogens with zero attached hydrogens (tertiary/aromatic N) is 2. The first-order valence-corrected chi connectivity index (χ1v) is 5.39. The molecule has 0 aliphatic heterocycles. The van der Waals surface area contributed by atoms with Gasteiger partial charge in [-0.1, -0.05) is 29.8 Å². The van der Waals surface area contributed by atoms with Crippen LogP contribution in [-0.4, -0.2) is 23.0 Å². The van der Waals surface area contributed by atoms with Crippen LogP contribution in [0.1, 0.15) is 15.9 Å². The molecule has 0 radical (unpaired) electrons. The summed E-state index contributed by atoms with van der Waals surface area (Å²) in [6.45, 7) is 2.00. The van der Waals surface area contributed by atoms with Crippen LogP contribution in [0.5, 0.6) is 0 Å². The van der Waals surface area contributed by atoms with Crippen molar-refractivity contribution in [3.8, 4) is 11.4 Å². The molecule has 0 amide bonds. The number of aryl methyl sites for hydroxylation is 1. The molecule has 5 nitrogen and oxygen atoms in total. The van der Waals surface area contributed by atoms with Crippen molar-refractivity contribution in [2.24, 2.45) is 0 Å². The Morgan fingerprint density at radius 1 is 1.28 bits per heavy atom. The minimum absolute atomic E-state index is 0.118. The van der Waals surface area contributed by atoms with E-state index in [1.807, 2.05) is 31.2 Å². The minimum atomic E-state index is -0.539. The highest BCUT2D eigenvalue weighted by Gasteiger charge is 2.13. The average Bonchev–Trinajstić information content (AvgIpc) is 2.38. The van der Waals surface area contributed by atoms with Crippen molar-refractivity contribution in [2.45, 2.75) is 6.92 Å². The summed E-state index contributed by atoms with van der Waals surface area (Å²) >= 11 is 0. The van der Waals surface area contributed by atoms with E-state index >= 15 is 0 Å². The van der Waals surface area contributed by atoms with Gasteiger partial charge in [0.2, 0.25) is 0 Å². The fraction of sp³-hybridized carbons (Fsp3) is 0.154. The summed E-state index contributed by atoms with van der Waals surface area (Å²) in [7, 11) is 1.29. The highest BCUT2D eigenvalue weighted by Crippen LogP contribution is 2.18. The second-order valence-electron chi connectivity index (χ2n) is 3.85. The third kappa shape index (κ3) is 2.29. The van der Waals surface area contributed by atoms with E-state index in [4.69, 9.17) is 5.73 Å². The fourth-order valence-electron chi connectivity index (χ4n) is 1.50. The molecule has 0 unspecified atom stereocenters. The lowest BCUT2D eigenvalue weighted by atomic mass is 10.1. The number of esters is 1. The smallest absolute Gasteiger partial charge is 0.343 e. The molecule has 0 aliphatic rings. The number of rotatable bonds is 2. The maximum absolute atomic E-state index is 11.3. The van der Waals surface area contributed by atoms with Gasteiger partial charge in [0.15, 0.2) is 5.82 Å². The number of benzene rings is 1. The van der Waals surface area contributed by atoms with Gasteiger partial charge in [0, 0.05) is 11.8 Å². The van der Waals surface area contributed by atoms with E-state index in [0.29, 0.717) is 5.82 Å². The largest absolute Gasteiger partial charge is 0.465 e.